The predicted molar refractivity (Wildman–Crippen MR) is 77.8 cm³/mol. The number of hydrazone groups is 1. The van der Waals surface area contributed by atoms with Crippen LogP contribution in [0.4, 0.5) is 4.79 Å². The Morgan fingerprint density at radius 2 is 1.95 bits per heavy atom. The van der Waals surface area contributed by atoms with Crippen LogP contribution in [0.2, 0.25) is 0 Å². The van der Waals surface area contributed by atoms with Crippen LogP contribution in [0.25, 0.3) is 0 Å². The minimum atomic E-state index is -0.364. The predicted octanol–water partition coefficient (Wildman–Crippen LogP) is 2.30. The molecule has 0 aliphatic carbocycles. The Morgan fingerprint density at radius 1 is 1.20 bits per heavy atom. The zero-order valence-corrected chi connectivity index (χ0v) is 11.8. The fraction of sp³-hybridized carbons (Fsp3) is 0.357. The SMILES string of the molecule is O=C1CN(/N=C/c2ccccc2)C(=O)N1CCCCCl. The van der Waals surface area contributed by atoms with E-state index in [0.717, 1.165) is 18.4 Å². The molecule has 0 N–H and O–H groups in total. The monoisotopic (exact) mass is 293 g/mol. The lowest BCUT2D eigenvalue weighted by Gasteiger charge is -2.13. The first-order chi connectivity index (χ1) is 9.72. The highest BCUT2D eigenvalue weighted by molar-refractivity contribution is 6.17. The second kappa shape index (κ2) is 7.05. The number of hydrogen-bond acceptors (Lipinski definition) is 3. The van der Waals surface area contributed by atoms with Gasteiger partial charge in [-0.2, -0.15) is 5.10 Å². The molecule has 0 aromatic heterocycles. The zero-order chi connectivity index (χ0) is 14.4. The average Bonchev–Trinajstić information content (AvgIpc) is 2.74. The number of imide groups is 1. The lowest BCUT2D eigenvalue weighted by Crippen LogP contribution is -2.32. The number of carbonyl (C=O) groups excluding carboxylic acids is 2. The third-order valence-electron chi connectivity index (χ3n) is 2.95. The summed E-state index contributed by atoms with van der Waals surface area (Å²) in [5.41, 5.74) is 0.883. The molecule has 1 aliphatic rings. The minimum Gasteiger partial charge on any atom is -0.272 e. The number of halogens is 1. The van der Waals surface area contributed by atoms with Crippen molar-refractivity contribution in [1.82, 2.24) is 9.91 Å². The lowest BCUT2D eigenvalue weighted by molar-refractivity contribution is -0.125. The summed E-state index contributed by atoms with van der Waals surface area (Å²) < 4.78 is 0. The number of rotatable bonds is 6. The third kappa shape index (κ3) is 3.57. The smallest absolute Gasteiger partial charge is 0.272 e. The van der Waals surface area contributed by atoms with Gasteiger partial charge in [-0.25, -0.2) is 9.80 Å². The number of amides is 3. The van der Waals surface area contributed by atoms with Crippen molar-refractivity contribution in [3.05, 3.63) is 35.9 Å². The van der Waals surface area contributed by atoms with Crippen LogP contribution in [0.1, 0.15) is 18.4 Å². The Morgan fingerprint density at radius 3 is 2.65 bits per heavy atom. The first kappa shape index (κ1) is 14.5. The van der Waals surface area contributed by atoms with Gasteiger partial charge in [-0.3, -0.25) is 9.69 Å². The molecule has 1 heterocycles. The third-order valence-corrected chi connectivity index (χ3v) is 3.22. The second-order valence-electron chi connectivity index (χ2n) is 4.44. The van der Waals surface area contributed by atoms with Gasteiger partial charge in [-0.15, -0.1) is 11.6 Å². The number of carbonyl (C=O) groups is 2. The van der Waals surface area contributed by atoms with Crippen molar-refractivity contribution in [3.8, 4) is 0 Å². The molecule has 1 saturated heterocycles. The zero-order valence-electron chi connectivity index (χ0n) is 11.0. The number of urea groups is 1. The molecular weight excluding hydrogens is 278 g/mol. The number of nitrogens with zero attached hydrogens (tertiary/aromatic N) is 3. The maximum absolute atomic E-state index is 12.0. The van der Waals surface area contributed by atoms with Crippen LogP contribution >= 0.6 is 11.6 Å². The Kier molecular flexibility index (Phi) is 5.12. The molecule has 0 spiro atoms. The Labute approximate surface area is 122 Å². The summed E-state index contributed by atoms with van der Waals surface area (Å²) in [6, 6.07) is 9.07. The molecule has 1 aromatic carbocycles. The van der Waals surface area contributed by atoms with Gasteiger partial charge in [0.2, 0.25) is 0 Å². The maximum Gasteiger partial charge on any atom is 0.347 e. The van der Waals surface area contributed by atoms with Gasteiger partial charge in [0.25, 0.3) is 5.91 Å². The van der Waals surface area contributed by atoms with Gasteiger partial charge < -0.3 is 0 Å². The molecule has 3 amide bonds. The summed E-state index contributed by atoms with van der Waals surface area (Å²) in [6.45, 7) is 0.408. The van der Waals surface area contributed by atoms with E-state index in [9.17, 15) is 9.59 Å². The molecular formula is C14H16ClN3O2. The van der Waals surface area contributed by atoms with E-state index in [0.29, 0.717) is 12.4 Å². The Bertz CT molecular complexity index is 504. The average molecular weight is 294 g/mol. The molecule has 1 aliphatic heterocycles. The number of hydrogen-bond donors (Lipinski definition) is 0. The summed E-state index contributed by atoms with van der Waals surface area (Å²) in [5, 5.41) is 5.26. The topological polar surface area (TPSA) is 53.0 Å². The van der Waals surface area contributed by atoms with Crippen LogP contribution in [-0.4, -0.2) is 47.0 Å². The summed E-state index contributed by atoms with van der Waals surface area (Å²) in [5.74, 6) is 0.321. The Balaban J connectivity index is 1.96. The van der Waals surface area contributed by atoms with E-state index in [4.69, 9.17) is 11.6 Å². The van der Waals surface area contributed by atoms with Gasteiger partial charge in [-0.1, -0.05) is 30.3 Å². The van der Waals surface area contributed by atoms with Crippen molar-refractivity contribution >= 4 is 29.8 Å². The van der Waals surface area contributed by atoms with Crippen molar-refractivity contribution in [1.29, 1.82) is 0 Å². The van der Waals surface area contributed by atoms with Gasteiger partial charge in [0.15, 0.2) is 0 Å². The molecule has 2 rings (SSSR count). The molecule has 0 bridgehead atoms. The first-order valence-corrected chi connectivity index (χ1v) is 7.02. The van der Waals surface area contributed by atoms with Crippen LogP contribution in [-0.2, 0) is 4.79 Å². The quantitative estimate of drug-likeness (QED) is 0.350. The van der Waals surface area contributed by atoms with Gasteiger partial charge >= 0.3 is 6.03 Å². The summed E-state index contributed by atoms with van der Waals surface area (Å²) >= 11 is 5.58. The molecule has 20 heavy (non-hydrogen) atoms. The number of alkyl halides is 1. The first-order valence-electron chi connectivity index (χ1n) is 6.49. The van der Waals surface area contributed by atoms with Gasteiger partial charge in [0.05, 0.1) is 6.21 Å². The van der Waals surface area contributed by atoms with E-state index in [1.807, 2.05) is 30.3 Å². The van der Waals surface area contributed by atoms with E-state index in [1.165, 1.54) is 9.91 Å². The molecule has 0 unspecified atom stereocenters. The molecule has 5 nitrogen and oxygen atoms in total. The molecule has 6 heteroatoms. The fourth-order valence-electron chi connectivity index (χ4n) is 1.88. The van der Waals surface area contributed by atoms with E-state index in [-0.39, 0.29) is 18.5 Å². The highest BCUT2D eigenvalue weighted by atomic mass is 35.5. The molecule has 1 aromatic rings. The van der Waals surface area contributed by atoms with E-state index in [2.05, 4.69) is 5.10 Å². The minimum absolute atomic E-state index is 0.00302. The van der Waals surface area contributed by atoms with Gasteiger partial charge in [0, 0.05) is 12.4 Å². The fourth-order valence-corrected chi connectivity index (χ4v) is 2.07. The summed E-state index contributed by atoms with van der Waals surface area (Å²) in [6.07, 6.45) is 3.08. The molecule has 106 valence electrons. The molecule has 1 fully saturated rings. The van der Waals surface area contributed by atoms with E-state index in [1.54, 1.807) is 6.21 Å². The molecule has 0 radical (unpaired) electrons. The standard InChI is InChI=1S/C14H16ClN3O2/c15-8-4-5-9-17-13(19)11-18(14(17)20)16-10-12-6-2-1-3-7-12/h1-3,6-7,10H,4-5,8-9,11H2/b16-10+. The highest BCUT2D eigenvalue weighted by Gasteiger charge is 2.35. The lowest BCUT2D eigenvalue weighted by atomic mass is 10.2. The number of unbranched alkanes of at least 4 members (excludes halogenated alkanes) is 1. The highest BCUT2D eigenvalue weighted by Crippen LogP contribution is 2.12. The van der Waals surface area contributed by atoms with Gasteiger partial charge in [0.1, 0.15) is 6.54 Å². The van der Waals surface area contributed by atoms with Crippen LogP contribution in [0.3, 0.4) is 0 Å². The van der Waals surface area contributed by atoms with Gasteiger partial charge in [-0.05, 0) is 18.4 Å². The van der Waals surface area contributed by atoms with E-state index >= 15 is 0 Å². The number of benzene rings is 1. The van der Waals surface area contributed by atoms with Crippen molar-refractivity contribution in [3.63, 3.8) is 0 Å². The molecule has 0 saturated carbocycles. The largest absolute Gasteiger partial charge is 0.347 e. The Hall–Kier alpha value is -1.88. The van der Waals surface area contributed by atoms with Crippen molar-refractivity contribution in [2.24, 2.45) is 5.10 Å². The summed E-state index contributed by atoms with van der Waals surface area (Å²) in [7, 11) is 0. The van der Waals surface area contributed by atoms with Crippen molar-refractivity contribution in [2.45, 2.75) is 12.8 Å². The van der Waals surface area contributed by atoms with Crippen LogP contribution in [0, 0.1) is 0 Å². The maximum atomic E-state index is 12.0. The van der Waals surface area contributed by atoms with Crippen LogP contribution < -0.4 is 0 Å². The molecule has 0 atom stereocenters. The summed E-state index contributed by atoms with van der Waals surface area (Å²) in [4.78, 5) is 25.0. The van der Waals surface area contributed by atoms with Crippen LogP contribution in [0.5, 0.6) is 0 Å². The van der Waals surface area contributed by atoms with Crippen LogP contribution in [0.15, 0.2) is 35.4 Å². The van der Waals surface area contributed by atoms with Crippen molar-refractivity contribution in [2.75, 3.05) is 19.0 Å². The van der Waals surface area contributed by atoms with E-state index < -0.39 is 0 Å². The second-order valence-corrected chi connectivity index (χ2v) is 4.81. The van der Waals surface area contributed by atoms with Crippen molar-refractivity contribution < 1.29 is 9.59 Å². The normalized spacial score (nSPS) is 15.7.